The van der Waals surface area contributed by atoms with Crippen molar-refractivity contribution in [1.82, 2.24) is 15.3 Å². The summed E-state index contributed by atoms with van der Waals surface area (Å²) in [5.74, 6) is 0.920. The second-order valence-electron chi connectivity index (χ2n) is 6.76. The van der Waals surface area contributed by atoms with Gasteiger partial charge in [-0.25, -0.2) is 9.97 Å². The Bertz CT molecular complexity index is 944. The third-order valence-electron chi connectivity index (χ3n) is 4.02. The van der Waals surface area contributed by atoms with Crippen molar-refractivity contribution in [2.24, 2.45) is 0 Å². The van der Waals surface area contributed by atoms with E-state index in [-0.39, 0.29) is 11.9 Å². The van der Waals surface area contributed by atoms with Crippen LogP contribution in [-0.2, 0) is 6.42 Å². The predicted octanol–water partition coefficient (Wildman–Crippen LogP) is 4.59. The topological polar surface area (TPSA) is 66.9 Å². The van der Waals surface area contributed by atoms with Crippen LogP contribution in [0, 0.1) is 0 Å². The van der Waals surface area contributed by atoms with Gasteiger partial charge in [-0.05, 0) is 38.0 Å². The molecular weight excluding hydrogens is 372 g/mol. The van der Waals surface area contributed by atoms with Gasteiger partial charge in [-0.2, -0.15) is 0 Å². The molecule has 0 bridgehead atoms. The Hall–Kier alpha value is -2.92. The van der Waals surface area contributed by atoms with Gasteiger partial charge in [0.2, 0.25) is 0 Å². The van der Waals surface area contributed by atoms with Crippen molar-refractivity contribution in [3.63, 3.8) is 0 Å². The lowest BCUT2D eigenvalue weighted by Crippen LogP contribution is -2.27. The zero-order chi connectivity index (χ0) is 19.9. The maximum atomic E-state index is 12.7. The van der Waals surface area contributed by atoms with Gasteiger partial charge in [0, 0.05) is 29.2 Å². The number of benzene rings is 2. The van der Waals surface area contributed by atoms with Crippen LogP contribution in [0.1, 0.15) is 29.9 Å². The number of anilines is 1. The van der Waals surface area contributed by atoms with Gasteiger partial charge in [0.15, 0.2) is 5.82 Å². The van der Waals surface area contributed by atoms with Gasteiger partial charge in [-0.1, -0.05) is 54.1 Å². The van der Waals surface area contributed by atoms with Crippen molar-refractivity contribution < 1.29 is 4.79 Å². The van der Waals surface area contributed by atoms with E-state index in [1.807, 2.05) is 68.4 Å². The molecule has 28 heavy (non-hydrogen) atoms. The van der Waals surface area contributed by atoms with Crippen molar-refractivity contribution in [3.8, 4) is 11.4 Å². The molecule has 2 N–H and O–H groups in total. The number of hydrogen-bond acceptors (Lipinski definition) is 4. The highest BCUT2D eigenvalue weighted by molar-refractivity contribution is 6.30. The van der Waals surface area contributed by atoms with E-state index >= 15 is 0 Å². The number of carbonyl (C=O) groups is 1. The van der Waals surface area contributed by atoms with Crippen molar-refractivity contribution in [2.75, 3.05) is 11.9 Å². The molecule has 3 rings (SSSR count). The monoisotopic (exact) mass is 394 g/mol. The van der Waals surface area contributed by atoms with Crippen LogP contribution >= 0.6 is 11.6 Å². The molecule has 0 aliphatic rings. The average molecular weight is 395 g/mol. The Morgan fingerprint density at radius 2 is 1.82 bits per heavy atom. The van der Waals surface area contributed by atoms with Gasteiger partial charge in [0.05, 0.1) is 0 Å². The molecule has 1 heterocycles. The summed E-state index contributed by atoms with van der Waals surface area (Å²) in [6.45, 7) is 4.54. The van der Waals surface area contributed by atoms with Crippen molar-refractivity contribution in [1.29, 1.82) is 0 Å². The lowest BCUT2D eigenvalue weighted by molar-refractivity contribution is 0.0949. The van der Waals surface area contributed by atoms with Gasteiger partial charge >= 0.3 is 0 Å². The Kier molecular flexibility index (Phi) is 6.61. The largest absolute Gasteiger partial charge is 0.368 e. The molecule has 1 amide bonds. The Labute approximate surface area is 170 Å². The number of amides is 1. The lowest BCUT2D eigenvalue weighted by atomic mass is 10.1. The fraction of sp³-hybridized carbons (Fsp3) is 0.227. The fourth-order valence-corrected chi connectivity index (χ4v) is 2.97. The highest BCUT2D eigenvalue weighted by Gasteiger charge is 2.13. The molecule has 1 aromatic heterocycles. The van der Waals surface area contributed by atoms with Crippen LogP contribution in [0.4, 0.5) is 5.82 Å². The van der Waals surface area contributed by atoms with Crippen LogP contribution in [0.25, 0.3) is 11.4 Å². The maximum absolute atomic E-state index is 12.7. The molecule has 0 atom stereocenters. The minimum Gasteiger partial charge on any atom is -0.368 e. The van der Waals surface area contributed by atoms with E-state index in [9.17, 15) is 4.79 Å². The number of rotatable bonds is 7. The summed E-state index contributed by atoms with van der Waals surface area (Å²) >= 11 is 6.01. The van der Waals surface area contributed by atoms with Crippen LogP contribution in [0.15, 0.2) is 60.7 Å². The normalized spacial score (nSPS) is 10.7. The highest BCUT2D eigenvalue weighted by Crippen LogP contribution is 2.18. The van der Waals surface area contributed by atoms with Crippen LogP contribution in [-0.4, -0.2) is 28.5 Å². The number of nitrogens with zero attached hydrogens (tertiary/aromatic N) is 2. The molecule has 6 heteroatoms. The molecule has 0 aliphatic heterocycles. The zero-order valence-electron chi connectivity index (χ0n) is 15.9. The molecular formula is C22H23ClN4O. The van der Waals surface area contributed by atoms with Gasteiger partial charge in [-0.15, -0.1) is 0 Å². The number of halogens is 1. The Morgan fingerprint density at radius 3 is 2.54 bits per heavy atom. The van der Waals surface area contributed by atoms with E-state index in [1.54, 1.807) is 6.07 Å². The Morgan fingerprint density at radius 1 is 1.04 bits per heavy atom. The summed E-state index contributed by atoms with van der Waals surface area (Å²) in [4.78, 5) is 21.7. The molecule has 2 aromatic carbocycles. The molecule has 0 saturated heterocycles. The van der Waals surface area contributed by atoms with Gasteiger partial charge in [0.25, 0.3) is 5.91 Å². The first-order valence-corrected chi connectivity index (χ1v) is 9.63. The van der Waals surface area contributed by atoms with Crippen LogP contribution in [0.2, 0.25) is 5.02 Å². The van der Waals surface area contributed by atoms with E-state index in [1.165, 1.54) is 0 Å². The maximum Gasteiger partial charge on any atom is 0.270 e. The van der Waals surface area contributed by atoms with E-state index in [0.29, 0.717) is 35.3 Å². The SMILES string of the molecule is CC(C)Nc1cc(C(=O)NCCc2cccc(Cl)c2)nc(-c2ccccc2)n1. The van der Waals surface area contributed by atoms with Crippen LogP contribution in [0.5, 0.6) is 0 Å². The minimum atomic E-state index is -0.228. The third kappa shape index (κ3) is 5.54. The van der Waals surface area contributed by atoms with Crippen molar-refractivity contribution >= 4 is 23.3 Å². The van der Waals surface area contributed by atoms with Crippen molar-refractivity contribution in [3.05, 3.63) is 76.9 Å². The Balaban J connectivity index is 1.76. The van der Waals surface area contributed by atoms with E-state index in [4.69, 9.17) is 11.6 Å². The smallest absolute Gasteiger partial charge is 0.270 e. The number of aromatic nitrogens is 2. The summed E-state index contributed by atoms with van der Waals surface area (Å²) in [5.41, 5.74) is 2.27. The first-order chi connectivity index (χ1) is 13.5. The summed E-state index contributed by atoms with van der Waals surface area (Å²) in [7, 11) is 0. The van der Waals surface area contributed by atoms with Crippen LogP contribution in [0.3, 0.4) is 0 Å². The van der Waals surface area contributed by atoms with E-state index in [0.717, 1.165) is 11.1 Å². The summed E-state index contributed by atoms with van der Waals surface area (Å²) in [6.07, 6.45) is 0.694. The predicted molar refractivity (Wildman–Crippen MR) is 114 cm³/mol. The van der Waals surface area contributed by atoms with E-state index < -0.39 is 0 Å². The standard InChI is InChI=1S/C22H23ClN4O/c1-15(2)25-20-14-19(26-21(27-20)17-8-4-3-5-9-17)22(28)24-12-11-16-7-6-10-18(23)13-16/h3-10,13-15H,11-12H2,1-2H3,(H,24,28)(H,25,26,27). The van der Waals surface area contributed by atoms with Crippen LogP contribution < -0.4 is 10.6 Å². The highest BCUT2D eigenvalue weighted by atomic mass is 35.5. The van der Waals surface area contributed by atoms with E-state index in [2.05, 4.69) is 20.6 Å². The molecule has 144 valence electrons. The third-order valence-corrected chi connectivity index (χ3v) is 4.25. The van der Waals surface area contributed by atoms with Gasteiger partial charge < -0.3 is 10.6 Å². The first-order valence-electron chi connectivity index (χ1n) is 9.25. The molecule has 0 fully saturated rings. The first kappa shape index (κ1) is 19.8. The molecule has 5 nitrogen and oxygen atoms in total. The molecule has 0 spiro atoms. The average Bonchev–Trinajstić information content (AvgIpc) is 2.68. The van der Waals surface area contributed by atoms with Gasteiger partial charge in [0.1, 0.15) is 11.5 Å². The second kappa shape index (κ2) is 9.33. The molecule has 3 aromatic rings. The summed E-state index contributed by atoms with van der Waals surface area (Å²) in [5, 5.41) is 6.87. The summed E-state index contributed by atoms with van der Waals surface area (Å²) < 4.78 is 0. The molecule has 0 saturated carbocycles. The number of nitrogens with one attached hydrogen (secondary N) is 2. The second-order valence-corrected chi connectivity index (χ2v) is 7.20. The van der Waals surface area contributed by atoms with Crippen molar-refractivity contribution in [2.45, 2.75) is 26.3 Å². The number of hydrogen-bond donors (Lipinski definition) is 2. The zero-order valence-corrected chi connectivity index (χ0v) is 16.7. The minimum absolute atomic E-state index is 0.192. The van der Waals surface area contributed by atoms with Gasteiger partial charge in [-0.3, -0.25) is 4.79 Å². The quantitative estimate of drug-likeness (QED) is 0.615. The lowest BCUT2D eigenvalue weighted by Gasteiger charge is -2.12. The molecule has 0 aliphatic carbocycles. The summed E-state index contributed by atoms with van der Waals surface area (Å²) in [6, 6.07) is 19.1. The number of carbonyl (C=O) groups excluding carboxylic acids is 1. The fourth-order valence-electron chi connectivity index (χ4n) is 2.75. The molecule has 0 unspecified atom stereocenters. The molecule has 0 radical (unpaired) electrons.